The van der Waals surface area contributed by atoms with Gasteiger partial charge in [0, 0.05) is 12.6 Å². The molecule has 0 aliphatic rings. The maximum atomic E-state index is 12.8. The Morgan fingerprint density at radius 2 is 2.43 bits per heavy atom. The van der Waals surface area contributed by atoms with Crippen molar-refractivity contribution >= 4 is 17.1 Å². The summed E-state index contributed by atoms with van der Waals surface area (Å²) in [6.07, 6.45) is 1.69. The van der Waals surface area contributed by atoms with E-state index in [-0.39, 0.29) is 5.82 Å². The Hall–Kier alpha value is -1.84. The minimum atomic E-state index is -0.330. The number of oxazole rings is 1. The largest absolute Gasteiger partial charge is 0.423 e. The molecule has 2 aromatic rings. The summed E-state index contributed by atoms with van der Waals surface area (Å²) in [5.74, 6) is -0.330. The van der Waals surface area contributed by atoms with Gasteiger partial charge in [-0.1, -0.05) is 6.08 Å². The van der Waals surface area contributed by atoms with Gasteiger partial charge in [0.15, 0.2) is 5.58 Å². The number of halogens is 1. The normalized spacial score (nSPS) is 10.4. The average Bonchev–Trinajstić information content (AvgIpc) is 2.56. The third-order valence-corrected chi connectivity index (χ3v) is 1.75. The first kappa shape index (κ1) is 8.74. The third kappa shape index (κ3) is 1.59. The highest BCUT2D eigenvalue weighted by Crippen LogP contribution is 2.19. The van der Waals surface area contributed by atoms with E-state index in [0.29, 0.717) is 23.7 Å². The highest BCUT2D eigenvalue weighted by Gasteiger charge is 2.04. The van der Waals surface area contributed by atoms with E-state index in [1.807, 2.05) is 0 Å². The number of hydrogen-bond donors (Lipinski definition) is 1. The molecule has 1 aromatic heterocycles. The van der Waals surface area contributed by atoms with E-state index in [1.165, 1.54) is 12.1 Å². The lowest BCUT2D eigenvalue weighted by atomic mass is 10.3. The predicted octanol–water partition coefficient (Wildman–Crippen LogP) is 2.56. The van der Waals surface area contributed by atoms with E-state index in [9.17, 15) is 4.39 Å². The number of hydrogen-bond acceptors (Lipinski definition) is 3. The molecule has 0 unspecified atom stereocenters. The van der Waals surface area contributed by atoms with Crippen molar-refractivity contribution in [2.24, 2.45) is 0 Å². The van der Waals surface area contributed by atoms with Crippen LogP contribution in [0.2, 0.25) is 0 Å². The van der Waals surface area contributed by atoms with Gasteiger partial charge in [-0.25, -0.2) is 4.39 Å². The lowest BCUT2D eigenvalue weighted by molar-refractivity contribution is 0.601. The maximum absolute atomic E-state index is 12.8. The molecule has 72 valence electrons. The zero-order chi connectivity index (χ0) is 9.97. The van der Waals surface area contributed by atoms with Crippen LogP contribution in [0.15, 0.2) is 35.3 Å². The van der Waals surface area contributed by atoms with Crippen molar-refractivity contribution in [3.05, 3.63) is 36.7 Å². The maximum Gasteiger partial charge on any atom is 0.295 e. The van der Waals surface area contributed by atoms with Crippen molar-refractivity contribution in [2.75, 3.05) is 11.9 Å². The average molecular weight is 192 g/mol. The molecule has 0 radical (unpaired) electrons. The monoisotopic (exact) mass is 192 g/mol. The Morgan fingerprint density at radius 3 is 3.21 bits per heavy atom. The van der Waals surface area contributed by atoms with Crippen molar-refractivity contribution in [2.45, 2.75) is 0 Å². The molecule has 0 amide bonds. The molecular formula is C10H9FN2O. The fourth-order valence-electron chi connectivity index (χ4n) is 1.13. The number of nitrogens with zero attached hydrogens (tertiary/aromatic N) is 1. The van der Waals surface area contributed by atoms with Gasteiger partial charge in [-0.05, 0) is 12.1 Å². The van der Waals surface area contributed by atoms with E-state index < -0.39 is 0 Å². The summed E-state index contributed by atoms with van der Waals surface area (Å²) >= 11 is 0. The van der Waals surface area contributed by atoms with Crippen LogP contribution in [0.25, 0.3) is 11.1 Å². The number of aromatic nitrogens is 1. The van der Waals surface area contributed by atoms with Gasteiger partial charge < -0.3 is 9.73 Å². The fourth-order valence-corrected chi connectivity index (χ4v) is 1.13. The molecule has 0 aliphatic heterocycles. The van der Waals surface area contributed by atoms with E-state index in [1.54, 1.807) is 12.1 Å². The minimum Gasteiger partial charge on any atom is -0.423 e. The minimum absolute atomic E-state index is 0.330. The summed E-state index contributed by atoms with van der Waals surface area (Å²) in [6.45, 7) is 4.12. The summed E-state index contributed by atoms with van der Waals surface area (Å²) < 4.78 is 18.0. The van der Waals surface area contributed by atoms with Crippen LogP contribution in [0.3, 0.4) is 0 Å². The molecule has 0 atom stereocenters. The van der Waals surface area contributed by atoms with Crippen LogP contribution in [0.5, 0.6) is 0 Å². The lowest BCUT2D eigenvalue weighted by Crippen LogP contribution is -1.96. The van der Waals surface area contributed by atoms with Gasteiger partial charge in [-0.15, -0.1) is 6.58 Å². The Labute approximate surface area is 80.2 Å². The Balaban J connectivity index is 2.36. The second-order valence-corrected chi connectivity index (χ2v) is 2.80. The summed E-state index contributed by atoms with van der Waals surface area (Å²) in [5.41, 5.74) is 1.08. The molecule has 1 aromatic carbocycles. The first-order chi connectivity index (χ1) is 6.79. The van der Waals surface area contributed by atoms with E-state index >= 15 is 0 Å². The Kier molecular flexibility index (Phi) is 2.18. The van der Waals surface area contributed by atoms with Gasteiger partial charge in [0.25, 0.3) is 6.01 Å². The molecular weight excluding hydrogens is 183 g/mol. The predicted molar refractivity (Wildman–Crippen MR) is 52.7 cm³/mol. The van der Waals surface area contributed by atoms with Gasteiger partial charge in [-0.2, -0.15) is 4.98 Å². The van der Waals surface area contributed by atoms with Crippen molar-refractivity contribution in [1.29, 1.82) is 0 Å². The van der Waals surface area contributed by atoms with Crippen LogP contribution < -0.4 is 5.32 Å². The lowest BCUT2D eigenvalue weighted by Gasteiger charge is -1.92. The summed E-state index contributed by atoms with van der Waals surface area (Å²) in [5, 5.41) is 2.88. The number of fused-ring (bicyclic) bond motifs is 1. The quantitative estimate of drug-likeness (QED) is 0.759. The smallest absolute Gasteiger partial charge is 0.295 e. The van der Waals surface area contributed by atoms with Gasteiger partial charge in [-0.3, -0.25) is 0 Å². The van der Waals surface area contributed by atoms with Crippen LogP contribution in [-0.2, 0) is 0 Å². The molecule has 1 heterocycles. The molecule has 1 N–H and O–H groups in total. The number of rotatable bonds is 3. The first-order valence-corrected chi connectivity index (χ1v) is 4.20. The molecule has 4 heteroatoms. The van der Waals surface area contributed by atoms with E-state index in [2.05, 4.69) is 16.9 Å². The van der Waals surface area contributed by atoms with Crippen LogP contribution >= 0.6 is 0 Å². The van der Waals surface area contributed by atoms with Crippen molar-refractivity contribution in [1.82, 2.24) is 4.98 Å². The highest BCUT2D eigenvalue weighted by atomic mass is 19.1. The molecule has 0 fully saturated rings. The van der Waals surface area contributed by atoms with Gasteiger partial charge in [0.2, 0.25) is 0 Å². The molecule has 2 rings (SSSR count). The topological polar surface area (TPSA) is 38.1 Å². The Bertz CT molecular complexity index is 464. The Morgan fingerprint density at radius 1 is 1.57 bits per heavy atom. The fraction of sp³-hybridized carbons (Fsp3) is 0.100. The van der Waals surface area contributed by atoms with Crippen molar-refractivity contribution < 1.29 is 8.81 Å². The van der Waals surface area contributed by atoms with Crippen LogP contribution in [0.1, 0.15) is 0 Å². The van der Waals surface area contributed by atoms with E-state index in [4.69, 9.17) is 4.42 Å². The highest BCUT2D eigenvalue weighted by molar-refractivity contribution is 5.74. The zero-order valence-corrected chi connectivity index (χ0v) is 7.46. The second kappa shape index (κ2) is 3.49. The van der Waals surface area contributed by atoms with Crippen molar-refractivity contribution in [3.8, 4) is 0 Å². The van der Waals surface area contributed by atoms with Crippen LogP contribution in [0, 0.1) is 5.82 Å². The number of anilines is 1. The first-order valence-electron chi connectivity index (χ1n) is 4.20. The number of benzene rings is 1. The molecule has 3 nitrogen and oxygen atoms in total. The van der Waals surface area contributed by atoms with Gasteiger partial charge >= 0.3 is 0 Å². The number of nitrogens with one attached hydrogen (secondary N) is 1. The van der Waals surface area contributed by atoms with Crippen LogP contribution in [0.4, 0.5) is 10.4 Å². The third-order valence-electron chi connectivity index (χ3n) is 1.75. The van der Waals surface area contributed by atoms with Gasteiger partial charge in [0.05, 0.1) is 0 Å². The SMILES string of the molecule is C=CCNc1nc2ccc(F)cc2o1. The molecule has 0 bridgehead atoms. The zero-order valence-electron chi connectivity index (χ0n) is 7.46. The second-order valence-electron chi connectivity index (χ2n) is 2.80. The summed E-state index contributed by atoms with van der Waals surface area (Å²) in [6, 6.07) is 4.61. The van der Waals surface area contributed by atoms with Crippen LogP contribution in [-0.4, -0.2) is 11.5 Å². The summed E-state index contributed by atoms with van der Waals surface area (Å²) in [7, 11) is 0. The molecule has 0 saturated carbocycles. The van der Waals surface area contributed by atoms with E-state index in [0.717, 1.165) is 0 Å². The molecule has 0 aliphatic carbocycles. The standard InChI is InChI=1S/C10H9FN2O/c1-2-5-12-10-13-8-4-3-7(11)6-9(8)14-10/h2-4,6H,1,5H2,(H,12,13). The molecule has 14 heavy (non-hydrogen) atoms. The van der Waals surface area contributed by atoms with Crippen molar-refractivity contribution in [3.63, 3.8) is 0 Å². The van der Waals surface area contributed by atoms with Gasteiger partial charge in [0.1, 0.15) is 11.3 Å². The molecule has 0 saturated heterocycles. The molecule has 0 spiro atoms. The summed E-state index contributed by atoms with van der Waals surface area (Å²) in [4.78, 5) is 4.10.